The smallest absolute Gasteiger partial charge is 0.336 e. The van der Waals surface area contributed by atoms with Crippen LogP contribution in [0.4, 0.5) is 0 Å². The number of hydrogen-bond donors (Lipinski definition) is 1. The highest BCUT2D eigenvalue weighted by atomic mass is 16.5. The lowest BCUT2D eigenvalue weighted by atomic mass is 9.42. The average Bonchev–Trinajstić information content (AvgIpc) is 2.88. The highest BCUT2D eigenvalue weighted by Gasteiger charge is 2.38. The van der Waals surface area contributed by atoms with Crippen molar-refractivity contribution in [1.82, 2.24) is 10.2 Å². The van der Waals surface area contributed by atoms with Gasteiger partial charge in [-0.3, -0.25) is 9.59 Å². The molecule has 0 aliphatic carbocycles. The normalized spacial score (nSPS) is 14.8. The zero-order valence-corrected chi connectivity index (χ0v) is 20.0. The number of ketones is 1. The Morgan fingerprint density at radius 3 is 1.86 bits per heavy atom. The second-order valence-corrected chi connectivity index (χ2v) is 8.56. The Kier molecular flexibility index (Phi) is 6.97. The number of carbonyl (C=O) groups excluding carboxylic acids is 2. The molecule has 176 valence electrons. The number of amidine groups is 1. The van der Waals surface area contributed by atoms with Crippen molar-refractivity contribution in [2.75, 3.05) is 14.1 Å². The van der Waals surface area contributed by atoms with Gasteiger partial charge in [0.15, 0.2) is 5.78 Å². The van der Waals surface area contributed by atoms with Crippen LogP contribution in [0.15, 0.2) is 120 Å². The van der Waals surface area contributed by atoms with Gasteiger partial charge in [0.05, 0.1) is 11.3 Å². The Morgan fingerprint density at radius 1 is 0.857 bits per heavy atom. The number of Topliss-reactive ketones (excluding diaryl/α,β-unsaturated/α-hetero) is 1. The van der Waals surface area contributed by atoms with Crippen LogP contribution in [0.5, 0.6) is 0 Å². The standard InChI is InChI=1S/C28H27BN3O3/c1-21(33)26-25(19-20-32(2)3)35-29(23-15-9-5-10-16-23,24-17-11-6-12-18-24)31-27(26)30-28(34)22-13-7-4-8-14-22/h4-20H,1-3H3,(H,30,31,34)/q-1. The molecule has 0 aromatic heterocycles. The first-order valence-corrected chi connectivity index (χ1v) is 11.4. The Balaban J connectivity index is 1.95. The molecule has 1 aliphatic heterocycles. The molecule has 1 heterocycles. The summed E-state index contributed by atoms with van der Waals surface area (Å²) in [6.45, 7) is -0.763. The molecule has 6 nitrogen and oxygen atoms in total. The number of nitrogens with one attached hydrogen (secondary N) is 1. The van der Waals surface area contributed by atoms with E-state index in [1.807, 2.05) is 85.7 Å². The van der Waals surface area contributed by atoms with Crippen molar-refractivity contribution in [3.63, 3.8) is 0 Å². The fourth-order valence-electron chi connectivity index (χ4n) is 4.08. The monoisotopic (exact) mass is 464 g/mol. The first-order chi connectivity index (χ1) is 16.9. The lowest BCUT2D eigenvalue weighted by Gasteiger charge is -2.45. The Morgan fingerprint density at radius 2 is 1.37 bits per heavy atom. The first kappa shape index (κ1) is 23.8. The maximum Gasteiger partial charge on any atom is 0.336 e. The second-order valence-electron chi connectivity index (χ2n) is 8.56. The number of hydrogen-bond acceptors (Lipinski definition) is 5. The molecule has 3 aromatic carbocycles. The van der Waals surface area contributed by atoms with Crippen LogP contribution in [0, 0.1) is 0 Å². The van der Waals surface area contributed by atoms with E-state index < -0.39 is 6.48 Å². The summed E-state index contributed by atoms with van der Waals surface area (Å²) in [5.74, 6) is -0.0891. The predicted octanol–water partition coefficient (Wildman–Crippen LogP) is 3.02. The van der Waals surface area contributed by atoms with Gasteiger partial charge in [-0.2, -0.15) is 0 Å². The number of amides is 1. The Bertz CT molecular complexity index is 1260. The average molecular weight is 464 g/mol. The molecule has 0 bridgehead atoms. The summed E-state index contributed by atoms with van der Waals surface area (Å²) in [4.78, 5) is 32.9. The van der Waals surface area contributed by atoms with Crippen LogP contribution in [-0.4, -0.2) is 43.0 Å². The third-order valence-electron chi connectivity index (χ3n) is 5.74. The number of allylic oxidation sites excluding steroid dienone is 1. The van der Waals surface area contributed by atoms with Crippen molar-refractivity contribution < 1.29 is 14.2 Å². The van der Waals surface area contributed by atoms with Gasteiger partial charge in [-0.15, -0.1) is 10.9 Å². The minimum atomic E-state index is -2.20. The van der Waals surface area contributed by atoms with Gasteiger partial charge in [-0.05, 0) is 25.1 Å². The summed E-state index contributed by atoms with van der Waals surface area (Å²) < 4.78 is 6.66. The topological polar surface area (TPSA) is 71.0 Å². The fourth-order valence-corrected chi connectivity index (χ4v) is 4.08. The molecule has 0 saturated carbocycles. The van der Waals surface area contributed by atoms with Gasteiger partial charge >= 0.3 is 6.48 Å². The van der Waals surface area contributed by atoms with Gasteiger partial charge in [-0.1, -0.05) is 78.9 Å². The van der Waals surface area contributed by atoms with Crippen LogP contribution in [0.2, 0.25) is 0 Å². The van der Waals surface area contributed by atoms with E-state index in [1.165, 1.54) is 6.92 Å². The molecule has 35 heavy (non-hydrogen) atoms. The molecule has 7 heteroatoms. The molecule has 1 aliphatic rings. The minimum Gasteiger partial charge on any atom is -0.689 e. The molecule has 4 rings (SSSR count). The molecular formula is C28H27BN3O3-. The zero-order valence-electron chi connectivity index (χ0n) is 20.0. The minimum absolute atomic E-state index is 0.184. The molecule has 0 saturated heterocycles. The molecule has 1 amide bonds. The van der Waals surface area contributed by atoms with Gasteiger partial charge < -0.3 is 19.8 Å². The third-order valence-corrected chi connectivity index (χ3v) is 5.74. The van der Waals surface area contributed by atoms with Gasteiger partial charge in [0.1, 0.15) is 5.84 Å². The van der Waals surface area contributed by atoms with Crippen molar-refractivity contribution in [1.29, 1.82) is 0 Å². The first-order valence-electron chi connectivity index (χ1n) is 11.4. The van der Waals surface area contributed by atoms with E-state index in [0.29, 0.717) is 11.3 Å². The quantitative estimate of drug-likeness (QED) is 0.570. The molecule has 0 unspecified atom stereocenters. The largest absolute Gasteiger partial charge is 0.689 e. The highest BCUT2D eigenvalue weighted by Crippen LogP contribution is 2.25. The molecular weight excluding hydrogens is 437 g/mol. The van der Waals surface area contributed by atoms with Gasteiger partial charge in [0.25, 0.3) is 5.91 Å². The van der Waals surface area contributed by atoms with E-state index in [2.05, 4.69) is 5.32 Å². The van der Waals surface area contributed by atoms with Gasteiger partial charge in [0, 0.05) is 25.9 Å². The van der Waals surface area contributed by atoms with E-state index in [0.717, 1.165) is 10.9 Å². The highest BCUT2D eigenvalue weighted by molar-refractivity contribution is 6.97. The number of benzene rings is 3. The number of nitrogens with zero attached hydrogens (tertiary/aromatic N) is 2. The summed E-state index contributed by atoms with van der Waals surface area (Å²) >= 11 is 0. The summed E-state index contributed by atoms with van der Waals surface area (Å²) in [5, 5.41) is 2.90. The van der Waals surface area contributed by atoms with Crippen molar-refractivity contribution in [2.45, 2.75) is 6.92 Å². The maximum atomic E-state index is 13.2. The number of carbonyl (C=O) groups is 2. The lowest BCUT2D eigenvalue weighted by molar-refractivity contribution is -0.113. The summed E-state index contributed by atoms with van der Waals surface area (Å²) in [7, 11) is 3.76. The van der Waals surface area contributed by atoms with Crippen LogP contribution in [0.25, 0.3) is 0 Å². The molecule has 0 radical (unpaired) electrons. The van der Waals surface area contributed by atoms with E-state index >= 15 is 0 Å². The van der Waals surface area contributed by atoms with Gasteiger partial charge in [-0.25, -0.2) is 0 Å². The SMILES string of the molecule is CC(=O)C1=C(C=CN(C)C)O[B-](c2ccccc2)(c2ccccc2)N=C1NC(=O)c1ccccc1. The predicted molar refractivity (Wildman–Crippen MR) is 141 cm³/mol. The summed E-state index contributed by atoms with van der Waals surface area (Å²) in [6.07, 6.45) is 3.54. The van der Waals surface area contributed by atoms with Crippen molar-refractivity contribution >= 4 is 34.9 Å². The van der Waals surface area contributed by atoms with Crippen LogP contribution >= 0.6 is 0 Å². The maximum absolute atomic E-state index is 13.2. The van der Waals surface area contributed by atoms with E-state index in [1.54, 1.807) is 36.5 Å². The van der Waals surface area contributed by atoms with Crippen LogP contribution in [0.1, 0.15) is 17.3 Å². The Hall–Kier alpha value is -4.39. The van der Waals surface area contributed by atoms with Crippen molar-refractivity contribution in [3.05, 3.63) is 120 Å². The van der Waals surface area contributed by atoms with Crippen molar-refractivity contribution in [3.8, 4) is 0 Å². The van der Waals surface area contributed by atoms with Crippen LogP contribution < -0.4 is 16.2 Å². The lowest BCUT2D eigenvalue weighted by Crippen LogP contribution is -2.62. The van der Waals surface area contributed by atoms with Crippen LogP contribution in [0.3, 0.4) is 0 Å². The van der Waals surface area contributed by atoms with E-state index in [-0.39, 0.29) is 23.1 Å². The van der Waals surface area contributed by atoms with E-state index in [4.69, 9.17) is 9.56 Å². The molecule has 1 N–H and O–H groups in total. The number of rotatable bonds is 6. The molecule has 0 fully saturated rings. The van der Waals surface area contributed by atoms with Gasteiger partial charge in [0.2, 0.25) is 0 Å². The molecule has 0 spiro atoms. The zero-order chi connectivity index (χ0) is 24.8. The second kappa shape index (κ2) is 10.3. The Labute approximate surface area is 205 Å². The summed E-state index contributed by atoms with van der Waals surface area (Å²) in [6, 6.07) is 28.1. The van der Waals surface area contributed by atoms with E-state index in [9.17, 15) is 9.59 Å². The molecule has 3 aromatic rings. The van der Waals surface area contributed by atoms with Crippen molar-refractivity contribution in [2.24, 2.45) is 4.90 Å². The fraction of sp³-hybridized carbons (Fsp3) is 0.107. The van der Waals surface area contributed by atoms with Crippen LogP contribution in [-0.2, 0) is 9.45 Å². The summed E-state index contributed by atoms with van der Waals surface area (Å²) in [5.41, 5.74) is 2.33. The third kappa shape index (κ3) is 5.09. The molecule has 0 atom stereocenters.